The number of nitrogens with zero attached hydrogens (tertiary/aromatic N) is 3. The van der Waals surface area contributed by atoms with E-state index in [4.69, 9.17) is 10.5 Å². The minimum absolute atomic E-state index is 0.122. The van der Waals surface area contributed by atoms with Gasteiger partial charge in [-0.3, -0.25) is 14.3 Å². The summed E-state index contributed by atoms with van der Waals surface area (Å²) < 4.78 is 34.8. The van der Waals surface area contributed by atoms with Crippen molar-refractivity contribution in [1.82, 2.24) is 19.5 Å². The maximum Gasteiger partial charge on any atom is 0.295 e. The average Bonchev–Trinajstić information content (AvgIpc) is 2.97. The lowest BCUT2D eigenvalue weighted by Gasteiger charge is -2.22. The van der Waals surface area contributed by atoms with Crippen LogP contribution < -0.4 is 11.3 Å². The molecule has 22 heavy (non-hydrogen) atoms. The highest BCUT2D eigenvalue weighted by Crippen LogP contribution is 2.48. The first-order valence-electron chi connectivity index (χ1n) is 6.34. The Morgan fingerprint density at radius 1 is 1.68 bits per heavy atom. The Kier molecular flexibility index (Phi) is 3.04. The Morgan fingerprint density at radius 2 is 2.41 bits per heavy atom. The number of nitrogens with one attached hydrogen (secondary N) is 1. The number of aliphatic hydroxyl groups excluding tert-OH is 1. The predicted molar refractivity (Wildman–Crippen MR) is 72.3 cm³/mol. The predicted octanol–water partition coefficient (Wildman–Crippen LogP) is 0.173. The van der Waals surface area contributed by atoms with Crippen LogP contribution in [-0.4, -0.2) is 42.8 Å². The van der Waals surface area contributed by atoms with Crippen molar-refractivity contribution in [2.24, 2.45) is 0 Å². The zero-order valence-corrected chi connectivity index (χ0v) is 11.3. The minimum Gasteiger partial charge on any atom is -0.393 e. The molecule has 0 bridgehead atoms. The van der Waals surface area contributed by atoms with E-state index in [1.165, 1.54) is 0 Å². The van der Waals surface area contributed by atoms with Crippen molar-refractivity contribution in [1.29, 1.82) is 0 Å². The molecule has 1 saturated heterocycles. The van der Waals surface area contributed by atoms with Crippen molar-refractivity contribution in [3.05, 3.63) is 29.3 Å². The number of hydrogen-bond donors (Lipinski definition) is 3. The summed E-state index contributed by atoms with van der Waals surface area (Å²) in [5.74, 6) is -3.54. The van der Waals surface area contributed by atoms with E-state index in [-0.39, 0.29) is 17.1 Å². The summed E-state index contributed by atoms with van der Waals surface area (Å²) >= 11 is 0. The third kappa shape index (κ3) is 1.99. The molecule has 2 atom stereocenters. The maximum atomic E-state index is 14.3. The van der Waals surface area contributed by atoms with Gasteiger partial charge in [-0.2, -0.15) is 4.98 Å². The van der Waals surface area contributed by atoms with E-state index in [9.17, 15) is 18.7 Å². The first-order chi connectivity index (χ1) is 10.3. The molecule has 10 heteroatoms. The van der Waals surface area contributed by atoms with E-state index in [1.807, 2.05) is 0 Å². The SMILES string of the molecule is C=C[C@@]1(CO)CC(F)(F)[C@H](n2cnc3c(=O)[nH]c(N)nc32)O1. The normalized spacial score (nSPS) is 27.3. The van der Waals surface area contributed by atoms with E-state index in [0.29, 0.717) is 0 Å². The van der Waals surface area contributed by atoms with Gasteiger partial charge in [0.1, 0.15) is 5.60 Å². The van der Waals surface area contributed by atoms with Gasteiger partial charge in [0.25, 0.3) is 11.5 Å². The average molecular weight is 313 g/mol. The van der Waals surface area contributed by atoms with Gasteiger partial charge in [0.05, 0.1) is 19.4 Å². The molecule has 0 aliphatic carbocycles. The molecule has 0 spiro atoms. The monoisotopic (exact) mass is 313 g/mol. The highest BCUT2D eigenvalue weighted by Gasteiger charge is 2.58. The summed E-state index contributed by atoms with van der Waals surface area (Å²) in [4.78, 5) is 21.5. The van der Waals surface area contributed by atoms with E-state index in [1.54, 1.807) is 0 Å². The Morgan fingerprint density at radius 3 is 3.00 bits per heavy atom. The molecule has 0 amide bonds. The third-order valence-electron chi connectivity index (χ3n) is 3.59. The van der Waals surface area contributed by atoms with Crippen LogP contribution in [0, 0.1) is 0 Å². The molecule has 2 aromatic rings. The van der Waals surface area contributed by atoms with Crippen LogP contribution in [-0.2, 0) is 4.74 Å². The number of aromatic nitrogens is 4. The Balaban J connectivity index is 2.15. The molecule has 2 aromatic heterocycles. The van der Waals surface area contributed by atoms with Gasteiger partial charge in [-0.15, -0.1) is 6.58 Å². The zero-order chi connectivity index (χ0) is 16.1. The van der Waals surface area contributed by atoms with Crippen LogP contribution in [0.2, 0.25) is 0 Å². The quantitative estimate of drug-likeness (QED) is 0.695. The first kappa shape index (κ1) is 14.6. The zero-order valence-electron chi connectivity index (χ0n) is 11.3. The second-order valence-electron chi connectivity index (χ2n) is 5.11. The summed E-state index contributed by atoms with van der Waals surface area (Å²) in [5, 5.41) is 9.32. The van der Waals surface area contributed by atoms with Crippen LogP contribution in [0.3, 0.4) is 0 Å². The van der Waals surface area contributed by atoms with E-state index in [0.717, 1.165) is 17.0 Å². The van der Waals surface area contributed by atoms with Gasteiger partial charge in [-0.05, 0) is 0 Å². The molecule has 118 valence electrons. The number of nitrogen functional groups attached to an aromatic ring is 1. The van der Waals surface area contributed by atoms with Crippen molar-refractivity contribution in [3.8, 4) is 0 Å². The summed E-state index contributed by atoms with van der Waals surface area (Å²) in [6.45, 7) is 2.78. The molecule has 1 aliphatic rings. The van der Waals surface area contributed by atoms with Gasteiger partial charge in [0.2, 0.25) is 12.2 Å². The summed E-state index contributed by atoms with van der Waals surface area (Å²) in [5.41, 5.74) is 2.97. The number of alkyl halides is 2. The van der Waals surface area contributed by atoms with Gasteiger partial charge in [0, 0.05) is 0 Å². The number of halogens is 2. The van der Waals surface area contributed by atoms with E-state index < -0.39 is 36.3 Å². The molecular weight excluding hydrogens is 300 g/mol. The Labute approximate surface area is 122 Å². The number of aromatic amines is 1. The Hall–Kier alpha value is -2.33. The Bertz CT molecular complexity index is 802. The molecule has 0 unspecified atom stereocenters. The van der Waals surface area contributed by atoms with Crippen LogP contribution in [0.4, 0.5) is 14.7 Å². The van der Waals surface area contributed by atoms with Crippen molar-refractivity contribution >= 4 is 17.1 Å². The topological polar surface area (TPSA) is 119 Å². The number of rotatable bonds is 3. The van der Waals surface area contributed by atoms with Crippen molar-refractivity contribution in [3.63, 3.8) is 0 Å². The van der Waals surface area contributed by atoms with E-state index in [2.05, 4.69) is 21.5 Å². The lowest BCUT2D eigenvalue weighted by Crippen LogP contribution is -2.30. The van der Waals surface area contributed by atoms with Crippen LogP contribution in [0.25, 0.3) is 11.2 Å². The van der Waals surface area contributed by atoms with Crippen LogP contribution >= 0.6 is 0 Å². The number of aliphatic hydroxyl groups is 1. The first-order valence-corrected chi connectivity index (χ1v) is 6.34. The summed E-state index contributed by atoms with van der Waals surface area (Å²) in [6, 6.07) is 0. The van der Waals surface area contributed by atoms with Gasteiger partial charge >= 0.3 is 0 Å². The molecule has 0 aromatic carbocycles. The standard InChI is InChI=1S/C12H13F2N5O3/c1-2-11(4-20)3-12(13,14)9(22-11)19-5-16-6-7(19)17-10(15)18-8(6)21/h2,5,9,20H,1,3-4H2,(H3,15,17,18,21)/t9-,11+/m1/s1. The number of anilines is 1. The lowest BCUT2D eigenvalue weighted by atomic mass is 10.00. The van der Waals surface area contributed by atoms with Crippen LogP contribution in [0.15, 0.2) is 23.8 Å². The number of ether oxygens (including phenoxy) is 1. The molecule has 1 fully saturated rings. The van der Waals surface area contributed by atoms with Crippen molar-refractivity contribution in [2.75, 3.05) is 12.3 Å². The van der Waals surface area contributed by atoms with Crippen LogP contribution in [0.1, 0.15) is 12.6 Å². The second-order valence-corrected chi connectivity index (χ2v) is 5.11. The number of nitrogens with two attached hydrogens (primary N) is 1. The number of H-pyrrole nitrogens is 1. The highest BCUT2D eigenvalue weighted by atomic mass is 19.3. The fraction of sp³-hybridized carbons (Fsp3) is 0.417. The molecule has 4 N–H and O–H groups in total. The van der Waals surface area contributed by atoms with Gasteiger partial charge in [-0.25, -0.2) is 13.8 Å². The number of imidazole rings is 1. The molecule has 8 nitrogen and oxygen atoms in total. The summed E-state index contributed by atoms with van der Waals surface area (Å²) in [6.07, 6.45) is -0.365. The van der Waals surface area contributed by atoms with Crippen LogP contribution in [0.5, 0.6) is 0 Å². The summed E-state index contributed by atoms with van der Waals surface area (Å²) in [7, 11) is 0. The molecule has 0 radical (unpaired) electrons. The fourth-order valence-electron chi connectivity index (χ4n) is 2.49. The minimum atomic E-state index is -3.32. The van der Waals surface area contributed by atoms with Gasteiger partial charge in [-0.1, -0.05) is 6.08 Å². The van der Waals surface area contributed by atoms with E-state index >= 15 is 0 Å². The largest absolute Gasteiger partial charge is 0.393 e. The van der Waals surface area contributed by atoms with Gasteiger partial charge < -0.3 is 15.6 Å². The maximum absolute atomic E-state index is 14.3. The molecule has 3 rings (SSSR count). The number of hydrogen-bond acceptors (Lipinski definition) is 6. The van der Waals surface area contributed by atoms with Gasteiger partial charge in [0.15, 0.2) is 11.2 Å². The molecule has 0 saturated carbocycles. The van der Waals surface area contributed by atoms with Crippen molar-refractivity contribution < 1.29 is 18.6 Å². The second kappa shape index (κ2) is 4.58. The molecule has 3 heterocycles. The molecular formula is C12H13F2N5O3. The highest BCUT2D eigenvalue weighted by molar-refractivity contribution is 5.70. The molecule has 1 aliphatic heterocycles. The fourth-order valence-corrected chi connectivity index (χ4v) is 2.49. The smallest absolute Gasteiger partial charge is 0.295 e. The van der Waals surface area contributed by atoms with Crippen molar-refractivity contribution in [2.45, 2.75) is 24.2 Å². The third-order valence-corrected chi connectivity index (χ3v) is 3.59. The lowest BCUT2D eigenvalue weighted by molar-refractivity contribution is -0.129. The number of fused-ring (bicyclic) bond motifs is 1.